The third kappa shape index (κ3) is 3.88. The SMILES string of the molecule is COc1cc(OC)c(NC(=O)Cn2cnc3ccc(C)cc3c2=O)cc1Cl. The maximum absolute atomic E-state index is 12.6. The lowest BCUT2D eigenvalue weighted by Gasteiger charge is -2.13. The highest BCUT2D eigenvalue weighted by molar-refractivity contribution is 6.32. The van der Waals surface area contributed by atoms with Gasteiger partial charge in [-0.05, 0) is 25.1 Å². The number of nitrogens with one attached hydrogen (secondary N) is 1. The van der Waals surface area contributed by atoms with Crippen molar-refractivity contribution < 1.29 is 14.3 Å². The highest BCUT2D eigenvalue weighted by atomic mass is 35.5. The molecule has 0 radical (unpaired) electrons. The monoisotopic (exact) mass is 387 g/mol. The van der Waals surface area contributed by atoms with Crippen LogP contribution in [0.2, 0.25) is 5.02 Å². The van der Waals surface area contributed by atoms with Gasteiger partial charge in [-0.15, -0.1) is 0 Å². The van der Waals surface area contributed by atoms with Crippen LogP contribution in [0.4, 0.5) is 5.69 Å². The minimum Gasteiger partial charge on any atom is -0.495 e. The van der Waals surface area contributed by atoms with Gasteiger partial charge in [0.1, 0.15) is 18.0 Å². The lowest BCUT2D eigenvalue weighted by Crippen LogP contribution is -2.28. The van der Waals surface area contributed by atoms with Crippen LogP contribution >= 0.6 is 11.6 Å². The molecule has 0 fully saturated rings. The Morgan fingerprint density at radius 3 is 2.63 bits per heavy atom. The zero-order valence-corrected chi connectivity index (χ0v) is 15.8. The fraction of sp³-hybridized carbons (Fsp3) is 0.211. The van der Waals surface area contributed by atoms with Gasteiger partial charge >= 0.3 is 0 Å². The van der Waals surface area contributed by atoms with Gasteiger partial charge < -0.3 is 14.8 Å². The molecule has 0 bridgehead atoms. The molecular formula is C19H18ClN3O4. The van der Waals surface area contributed by atoms with E-state index in [9.17, 15) is 9.59 Å². The average Bonchev–Trinajstić information content (AvgIpc) is 2.64. The molecule has 0 aliphatic carbocycles. The number of anilines is 1. The summed E-state index contributed by atoms with van der Waals surface area (Å²) >= 11 is 6.11. The lowest BCUT2D eigenvalue weighted by atomic mass is 10.2. The molecule has 3 aromatic rings. The zero-order valence-electron chi connectivity index (χ0n) is 15.1. The standard InChI is InChI=1S/C19H18ClN3O4/c1-11-4-5-14-12(6-11)19(25)23(10-21-14)9-18(24)22-15-7-13(20)16(26-2)8-17(15)27-3/h4-8,10H,9H2,1-3H3,(H,22,24). The fourth-order valence-electron chi connectivity index (χ4n) is 2.69. The van der Waals surface area contributed by atoms with Crippen LogP contribution in [-0.2, 0) is 11.3 Å². The lowest BCUT2D eigenvalue weighted by molar-refractivity contribution is -0.116. The van der Waals surface area contributed by atoms with E-state index in [1.165, 1.54) is 31.2 Å². The van der Waals surface area contributed by atoms with Crippen LogP contribution in [0.1, 0.15) is 5.56 Å². The van der Waals surface area contributed by atoms with Gasteiger partial charge in [0.05, 0.1) is 42.2 Å². The predicted molar refractivity (Wildman–Crippen MR) is 104 cm³/mol. The van der Waals surface area contributed by atoms with Gasteiger partial charge in [-0.3, -0.25) is 14.2 Å². The van der Waals surface area contributed by atoms with E-state index >= 15 is 0 Å². The summed E-state index contributed by atoms with van der Waals surface area (Å²) in [5.74, 6) is 0.409. The number of hydrogen-bond acceptors (Lipinski definition) is 5. The number of ether oxygens (including phenoxy) is 2. The number of carbonyl (C=O) groups is 1. The van der Waals surface area contributed by atoms with Gasteiger partial charge in [-0.1, -0.05) is 23.2 Å². The summed E-state index contributed by atoms with van der Waals surface area (Å²) in [5, 5.41) is 3.49. The molecule has 140 valence electrons. The Morgan fingerprint density at radius 1 is 1.19 bits per heavy atom. The van der Waals surface area contributed by atoms with E-state index < -0.39 is 5.91 Å². The van der Waals surface area contributed by atoms with Crippen molar-refractivity contribution in [2.75, 3.05) is 19.5 Å². The third-order valence-corrected chi connectivity index (χ3v) is 4.34. The molecule has 0 aliphatic rings. The molecule has 27 heavy (non-hydrogen) atoms. The smallest absolute Gasteiger partial charge is 0.261 e. The molecule has 0 spiro atoms. The Labute approximate surface area is 160 Å². The molecule has 0 aliphatic heterocycles. The van der Waals surface area contributed by atoms with Crippen molar-refractivity contribution in [3.63, 3.8) is 0 Å². The molecule has 8 heteroatoms. The first kappa shape index (κ1) is 18.7. The van der Waals surface area contributed by atoms with Crippen molar-refractivity contribution in [3.8, 4) is 11.5 Å². The normalized spacial score (nSPS) is 10.7. The van der Waals surface area contributed by atoms with E-state index in [1.54, 1.807) is 18.2 Å². The van der Waals surface area contributed by atoms with Crippen molar-refractivity contribution in [1.82, 2.24) is 9.55 Å². The van der Waals surface area contributed by atoms with Gasteiger partial charge in [-0.25, -0.2) is 4.98 Å². The second-order valence-electron chi connectivity index (χ2n) is 5.93. The highest BCUT2D eigenvalue weighted by Crippen LogP contribution is 2.35. The molecule has 7 nitrogen and oxygen atoms in total. The quantitative estimate of drug-likeness (QED) is 0.727. The van der Waals surface area contributed by atoms with Gasteiger partial charge in [0.2, 0.25) is 5.91 Å². The minimum absolute atomic E-state index is 0.192. The van der Waals surface area contributed by atoms with E-state index in [1.807, 2.05) is 13.0 Å². The molecule has 1 aromatic heterocycles. The van der Waals surface area contributed by atoms with E-state index in [4.69, 9.17) is 21.1 Å². The molecule has 3 rings (SSSR count). The van der Waals surface area contributed by atoms with E-state index in [2.05, 4.69) is 10.3 Å². The Balaban J connectivity index is 1.86. The number of aryl methyl sites for hydroxylation is 1. The summed E-state index contributed by atoms with van der Waals surface area (Å²) in [6, 6.07) is 8.52. The minimum atomic E-state index is -0.412. The first-order valence-corrected chi connectivity index (χ1v) is 8.48. The number of rotatable bonds is 5. The van der Waals surface area contributed by atoms with Crippen LogP contribution in [-0.4, -0.2) is 29.7 Å². The van der Waals surface area contributed by atoms with Crippen molar-refractivity contribution >= 4 is 34.1 Å². The number of carbonyl (C=O) groups excluding carboxylic acids is 1. The first-order chi connectivity index (χ1) is 12.9. The fourth-order valence-corrected chi connectivity index (χ4v) is 2.93. The number of fused-ring (bicyclic) bond motifs is 1. The summed E-state index contributed by atoms with van der Waals surface area (Å²) in [6.07, 6.45) is 1.36. The molecule has 1 amide bonds. The van der Waals surface area contributed by atoms with Crippen LogP contribution < -0.4 is 20.3 Å². The summed E-state index contributed by atoms with van der Waals surface area (Å²) in [6.45, 7) is 1.70. The number of hydrogen-bond donors (Lipinski definition) is 1. The van der Waals surface area contributed by atoms with Crippen LogP contribution in [0.5, 0.6) is 11.5 Å². The first-order valence-electron chi connectivity index (χ1n) is 8.10. The van der Waals surface area contributed by atoms with Gasteiger partial charge in [0.25, 0.3) is 5.56 Å². The summed E-state index contributed by atoms with van der Waals surface area (Å²) < 4.78 is 11.6. The average molecular weight is 388 g/mol. The zero-order chi connectivity index (χ0) is 19.6. The summed E-state index contributed by atoms with van der Waals surface area (Å²) in [5.41, 5.74) is 1.64. The van der Waals surface area contributed by atoms with Crippen molar-refractivity contribution in [3.05, 3.63) is 57.6 Å². The van der Waals surface area contributed by atoms with Gasteiger partial charge in [0.15, 0.2) is 0 Å². The van der Waals surface area contributed by atoms with Crippen LogP contribution in [0.15, 0.2) is 41.5 Å². The van der Waals surface area contributed by atoms with Crippen LogP contribution in [0.3, 0.4) is 0 Å². The Hall–Kier alpha value is -3.06. The largest absolute Gasteiger partial charge is 0.495 e. The Morgan fingerprint density at radius 2 is 1.93 bits per heavy atom. The second kappa shape index (κ2) is 7.67. The number of amides is 1. The maximum Gasteiger partial charge on any atom is 0.261 e. The number of methoxy groups -OCH3 is 2. The van der Waals surface area contributed by atoms with E-state index in [-0.39, 0.29) is 12.1 Å². The summed E-state index contributed by atoms with van der Waals surface area (Å²) in [4.78, 5) is 29.3. The second-order valence-corrected chi connectivity index (χ2v) is 6.34. The Kier molecular flexibility index (Phi) is 5.32. The molecule has 1 N–H and O–H groups in total. The summed E-state index contributed by atoms with van der Waals surface area (Å²) in [7, 11) is 2.96. The van der Waals surface area contributed by atoms with Crippen LogP contribution in [0, 0.1) is 6.92 Å². The van der Waals surface area contributed by atoms with Crippen molar-refractivity contribution in [1.29, 1.82) is 0 Å². The van der Waals surface area contributed by atoms with Gasteiger partial charge in [-0.2, -0.15) is 0 Å². The number of aromatic nitrogens is 2. The van der Waals surface area contributed by atoms with E-state index in [0.717, 1.165) is 5.56 Å². The molecular weight excluding hydrogens is 370 g/mol. The third-order valence-electron chi connectivity index (χ3n) is 4.04. The van der Waals surface area contributed by atoms with Crippen LogP contribution in [0.25, 0.3) is 10.9 Å². The number of halogens is 1. The number of benzene rings is 2. The van der Waals surface area contributed by atoms with Crippen molar-refractivity contribution in [2.24, 2.45) is 0 Å². The van der Waals surface area contributed by atoms with E-state index in [0.29, 0.717) is 33.1 Å². The molecule has 0 saturated carbocycles. The number of nitrogens with zero attached hydrogens (tertiary/aromatic N) is 2. The molecule has 2 aromatic carbocycles. The highest BCUT2D eigenvalue weighted by Gasteiger charge is 2.14. The predicted octanol–water partition coefficient (Wildman–Crippen LogP) is 3.01. The molecule has 0 unspecified atom stereocenters. The molecule has 1 heterocycles. The molecule has 0 atom stereocenters. The molecule has 0 saturated heterocycles. The topological polar surface area (TPSA) is 82.4 Å². The van der Waals surface area contributed by atoms with Crippen molar-refractivity contribution in [2.45, 2.75) is 13.5 Å². The Bertz CT molecular complexity index is 1080. The van der Waals surface area contributed by atoms with Gasteiger partial charge in [0, 0.05) is 6.07 Å². The maximum atomic E-state index is 12.6.